The number of nitrogens with zero attached hydrogens (tertiary/aromatic N) is 4. The second-order valence-electron chi connectivity index (χ2n) is 7.20. The molecule has 0 fully saturated rings. The van der Waals surface area contributed by atoms with Crippen molar-refractivity contribution in [1.82, 2.24) is 14.8 Å². The van der Waals surface area contributed by atoms with Crippen molar-refractivity contribution in [3.8, 4) is 17.2 Å². The molecular weight excluding hydrogens is 432 g/mol. The number of aryl methyl sites for hydroxylation is 1. The lowest BCUT2D eigenvalue weighted by Gasteiger charge is -2.18. The van der Waals surface area contributed by atoms with Crippen LogP contribution in [0.25, 0.3) is 16.7 Å². The number of amides is 2. The Kier molecular flexibility index (Phi) is 4.60. The second-order valence-corrected chi connectivity index (χ2v) is 7.64. The van der Waals surface area contributed by atoms with Gasteiger partial charge in [-0.1, -0.05) is 11.6 Å². The summed E-state index contributed by atoms with van der Waals surface area (Å²) in [6, 6.07) is 12.0. The summed E-state index contributed by atoms with van der Waals surface area (Å²) in [7, 11) is 3.00. The van der Waals surface area contributed by atoms with Gasteiger partial charge >= 0.3 is 0 Å². The van der Waals surface area contributed by atoms with Crippen LogP contribution in [0.2, 0.25) is 5.02 Å². The smallest absolute Gasteiger partial charge is 0.267 e. The van der Waals surface area contributed by atoms with Gasteiger partial charge in [-0.15, -0.1) is 0 Å². The van der Waals surface area contributed by atoms with Gasteiger partial charge in [-0.25, -0.2) is 14.6 Å². The second kappa shape index (κ2) is 7.35. The van der Waals surface area contributed by atoms with Crippen molar-refractivity contribution >= 4 is 40.1 Å². The molecule has 1 aliphatic heterocycles. The van der Waals surface area contributed by atoms with Crippen molar-refractivity contribution in [1.29, 1.82) is 0 Å². The van der Waals surface area contributed by atoms with Gasteiger partial charge in [-0.3, -0.25) is 9.59 Å². The zero-order valence-electron chi connectivity index (χ0n) is 17.4. The van der Waals surface area contributed by atoms with Crippen LogP contribution in [0.1, 0.15) is 26.4 Å². The molecule has 32 heavy (non-hydrogen) atoms. The Labute approximate surface area is 187 Å². The van der Waals surface area contributed by atoms with Crippen molar-refractivity contribution in [2.45, 2.75) is 6.92 Å². The Morgan fingerprint density at radius 1 is 0.969 bits per heavy atom. The first-order valence-electron chi connectivity index (χ1n) is 9.69. The quantitative estimate of drug-likeness (QED) is 0.435. The molecule has 0 atom stereocenters. The van der Waals surface area contributed by atoms with E-state index in [0.29, 0.717) is 38.9 Å². The first kappa shape index (κ1) is 20.0. The number of aromatic nitrogens is 3. The molecule has 4 aromatic rings. The third kappa shape index (κ3) is 2.84. The highest BCUT2D eigenvalue weighted by Crippen LogP contribution is 2.39. The summed E-state index contributed by atoms with van der Waals surface area (Å²) in [6.45, 7) is 1.78. The molecular formula is C23H17ClN4O4. The zero-order valence-corrected chi connectivity index (χ0v) is 18.2. The van der Waals surface area contributed by atoms with Crippen LogP contribution < -0.4 is 14.4 Å². The third-order valence-corrected chi connectivity index (χ3v) is 5.67. The normalized spacial score (nSPS) is 13.1. The number of pyridine rings is 1. The van der Waals surface area contributed by atoms with Gasteiger partial charge in [0.05, 0.1) is 47.8 Å². The van der Waals surface area contributed by atoms with E-state index in [2.05, 4.69) is 10.1 Å². The van der Waals surface area contributed by atoms with Gasteiger partial charge in [0.1, 0.15) is 11.5 Å². The molecule has 2 aromatic heterocycles. The van der Waals surface area contributed by atoms with Crippen LogP contribution in [0.5, 0.6) is 11.5 Å². The SMILES string of the molecule is COc1ccc(N2C(=O)c3cnc4c(c(C)nn4-c4ccc(Cl)cc4)c3C2=O)c(OC)c1. The monoisotopic (exact) mass is 448 g/mol. The Hall–Kier alpha value is -3.91. The minimum Gasteiger partial charge on any atom is -0.497 e. The lowest BCUT2D eigenvalue weighted by Crippen LogP contribution is -2.29. The number of rotatable bonds is 4. The third-order valence-electron chi connectivity index (χ3n) is 5.42. The van der Waals surface area contributed by atoms with E-state index in [4.69, 9.17) is 21.1 Å². The molecule has 0 aliphatic carbocycles. The van der Waals surface area contributed by atoms with Crippen LogP contribution in [0.15, 0.2) is 48.7 Å². The number of imide groups is 1. The van der Waals surface area contributed by atoms with Crippen molar-refractivity contribution in [3.63, 3.8) is 0 Å². The Morgan fingerprint density at radius 2 is 1.72 bits per heavy atom. The molecule has 0 saturated carbocycles. The average Bonchev–Trinajstić information content (AvgIpc) is 3.27. The van der Waals surface area contributed by atoms with E-state index in [1.807, 2.05) is 12.1 Å². The van der Waals surface area contributed by atoms with Gasteiger partial charge in [-0.05, 0) is 43.3 Å². The summed E-state index contributed by atoms with van der Waals surface area (Å²) in [4.78, 5) is 32.3. The number of anilines is 1. The fraction of sp³-hybridized carbons (Fsp3) is 0.130. The number of benzene rings is 2. The van der Waals surface area contributed by atoms with Crippen LogP contribution in [0, 0.1) is 6.92 Å². The molecule has 160 valence electrons. The van der Waals surface area contributed by atoms with E-state index < -0.39 is 11.8 Å². The van der Waals surface area contributed by atoms with Gasteiger partial charge in [0.25, 0.3) is 11.8 Å². The molecule has 9 heteroatoms. The lowest BCUT2D eigenvalue weighted by atomic mass is 10.1. The van der Waals surface area contributed by atoms with Gasteiger partial charge < -0.3 is 9.47 Å². The number of fused-ring (bicyclic) bond motifs is 3. The van der Waals surface area contributed by atoms with E-state index in [1.54, 1.807) is 41.9 Å². The number of hydrogen-bond donors (Lipinski definition) is 0. The Morgan fingerprint density at radius 3 is 2.41 bits per heavy atom. The topological polar surface area (TPSA) is 86.5 Å². The first-order chi connectivity index (χ1) is 15.4. The molecule has 3 heterocycles. The standard InChI is InChI=1S/C23H17ClN4O4/c1-12-19-20-16(11-25-21(19)28(26-12)14-6-4-13(24)5-7-14)22(29)27(23(20)30)17-9-8-15(31-2)10-18(17)32-3/h4-11H,1-3H3. The van der Waals surface area contributed by atoms with Crippen molar-refractivity contribution in [3.05, 3.63) is 70.5 Å². The van der Waals surface area contributed by atoms with E-state index in [0.717, 1.165) is 10.6 Å². The highest BCUT2D eigenvalue weighted by molar-refractivity contribution is 6.37. The lowest BCUT2D eigenvalue weighted by molar-refractivity contribution is 0.0925. The number of methoxy groups -OCH3 is 2. The van der Waals surface area contributed by atoms with Crippen LogP contribution in [0.3, 0.4) is 0 Å². The summed E-state index contributed by atoms with van der Waals surface area (Å²) >= 11 is 6.00. The fourth-order valence-corrected chi connectivity index (χ4v) is 4.04. The molecule has 2 amide bonds. The van der Waals surface area contributed by atoms with Gasteiger partial charge in [-0.2, -0.15) is 5.10 Å². The summed E-state index contributed by atoms with van der Waals surface area (Å²) in [6.07, 6.45) is 1.42. The van der Waals surface area contributed by atoms with Crippen LogP contribution in [0.4, 0.5) is 5.69 Å². The predicted octanol–water partition coefficient (Wildman–Crippen LogP) is 4.20. The Bertz CT molecular complexity index is 1410. The van der Waals surface area contributed by atoms with Crippen LogP contribution >= 0.6 is 11.6 Å². The van der Waals surface area contributed by atoms with Crippen molar-refractivity contribution in [2.75, 3.05) is 19.1 Å². The van der Waals surface area contributed by atoms with Gasteiger partial charge in [0, 0.05) is 17.3 Å². The number of ether oxygens (including phenoxy) is 2. The fourth-order valence-electron chi connectivity index (χ4n) is 3.91. The van der Waals surface area contributed by atoms with Gasteiger partial charge in [0.15, 0.2) is 5.65 Å². The number of hydrogen-bond acceptors (Lipinski definition) is 6. The maximum Gasteiger partial charge on any atom is 0.267 e. The predicted molar refractivity (Wildman–Crippen MR) is 119 cm³/mol. The zero-order chi connectivity index (χ0) is 22.6. The van der Waals surface area contributed by atoms with E-state index in [9.17, 15) is 9.59 Å². The largest absolute Gasteiger partial charge is 0.497 e. The Balaban J connectivity index is 1.68. The molecule has 2 aromatic carbocycles. The highest BCUT2D eigenvalue weighted by atomic mass is 35.5. The first-order valence-corrected chi connectivity index (χ1v) is 10.1. The van der Waals surface area contributed by atoms with Crippen molar-refractivity contribution < 1.29 is 19.1 Å². The van der Waals surface area contributed by atoms with Gasteiger partial charge in [0.2, 0.25) is 0 Å². The molecule has 0 spiro atoms. The molecule has 0 unspecified atom stereocenters. The minimum absolute atomic E-state index is 0.221. The minimum atomic E-state index is -0.471. The summed E-state index contributed by atoms with van der Waals surface area (Å²) in [5.41, 5.74) is 2.63. The maximum absolute atomic E-state index is 13.5. The van der Waals surface area contributed by atoms with Crippen LogP contribution in [-0.2, 0) is 0 Å². The summed E-state index contributed by atoms with van der Waals surface area (Å²) < 4.78 is 12.3. The maximum atomic E-state index is 13.5. The highest BCUT2D eigenvalue weighted by Gasteiger charge is 2.41. The number of carbonyl (C=O) groups excluding carboxylic acids is 2. The molecule has 0 bridgehead atoms. The van der Waals surface area contributed by atoms with E-state index in [1.165, 1.54) is 20.4 Å². The molecule has 0 radical (unpaired) electrons. The number of carbonyl (C=O) groups is 2. The van der Waals surface area contributed by atoms with E-state index in [-0.39, 0.29) is 11.1 Å². The molecule has 0 N–H and O–H groups in total. The average molecular weight is 449 g/mol. The number of halogens is 1. The molecule has 1 aliphatic rings. The van der Waals surface area contributed by atoms with Crippen molar-refractivity contribution in [2.24, 2.45) is 0 Å². The summed E-state index contributed by atoms with van der Waals surface area (Å²) in [5.74, 6) is -0.0378. The molecule has 5 rings (SSSR count). The van der Waals surface area contributed by atoms with Crippen LogP contribution in [-0.4, -0.2) is 40.8 Å². The van der Waals surface area contributed by atoms with E-state index >= 15 is 0 Å². The molecule has 0 saturated heterocycles. The molecule has 8 nitrogen and oxygen atoms in total. The summed E-state index contributed by atoms with van der Waals surface area (Å²) in [5, 5.41) is 5.70.